The third-order valence-electron chi connectivity index (χ3n) is 5.26. The van der Waals surface area contributed by atoms with Crippen LogP contribution in [0.2, 0.25) is 0 Å². The molecule has 0 aliphatic heterocycles. The van der Waals surface area contributed by atoms with E-state index in [1.165, 1.54) is 12.5 Å². The lowest BCUT2D eigenvalue weighted by Crippen LogP contribution is -2.55. The molecule has 1 aliphatic carbocycles. The summed E-state index contributed by atoms with van der Waals surface area (Å²) in [6, 6.07) is 4.36. The highest BCUT2D eigenvalue weighted by atomic mass is 16.6. The fourth-order valence-corrected chi connectivity index (χ4v) is 3.66. The number of anilines is 1. The van der Waals surface area contributed by atoms with E-state index in [0.29, 0.717) is 23.7 Å². The van der Waals surface area contributed by atoms with E-state index in [1.54, 1.807) is 19.1 Å². The van der Waals surface area contributed by atoms with Crippen molar-refractivity contribution in [2.24, 2.45) is 5.92 Å². The predicted molar refractivity (Wildman–Crippen MR) is 98.9 cm³/mol. The molecular formula is C18H28N4O3. The highest BCUT2D eigenvalue weighted by Crippen LogP contribution is 2.35. The topological polar surface area (TPSA) is 87.5 Å². The molecule has 0 aromatic heterocycles. The molecule has 2 rings (SSSR count). The molecule has 1 aromatic rings. The number of nitro groups is 1. The molecule has 1 fully saturated rings. The van der Waals surface area contributed by atoms with Crippen molar-refractivity contribution in [2.75, 3.05) is 26.0 Å². The first-order chi connectivity index (χ1) is 11.7. The number of benzene rings is 1. The summed E-state index contributed by atoms with van der Waals surface area (Å²) in [5, 5.41) is 16.7. The lowest BCUT2D eigenvalue weighted by molar-refractivity contribution is -0.385. The zero-order valence-electron chi connectivity index (χ0n) is 15.5. The fraction of sp³-hybridized carbons (Fsp3) is 0.611. The van der Waals surface area contributed by atoms with Crippen molar-refractivity contribution in [3.8, 4) is 0 Å². The van der Waals surface area contributed by atoms with Gasteiger partial charge in [-0.15, -0.1) is 0 Å². The van der Waals surface area contributed by atoms with Gasteiger partial charge in [-0.3, -0.25) is 10.1 Å². The lowest BCUT2D eigenvalue weighted by Gasteiger charge is -2.45. The number of hydrogen-bond donors (Lipinski definition) is 2. The Hall–Kier alpha value is -2.15. The monoisotopic (exact) mass is 348 g/mol. The molecule has 25 heavy (non-hydrogen) atoms. The molecule has 7 nitrogen and oxygen atoms in total. The summed E-state index contributed by atoms with van der Waals surface area (Å²) in [4.78, 5) is 25.0. The average molecular weight is 348 g/mol. The van der Waals surface area contributed by atoms with Gasteiger partial charge >= 0.3 is 6.03 Å². The van der Waals surface area contributed by atoms with Crippen molar-refractivity contribution in [3.05, 3.63) is 33.9 Å². The highest BCUT2D eigenvalue weighted by molar-refractivity contribution is 5.89. The van der Waals surface area contributed by atoms with Gasteiger partial charge in [0.2, 0.25) is 0 Å². The van der Waals surface area contributed by atoms with Crippen LogP contribution in [-0.2, 0) is 0 Å². The minimum atomic E-state index is -0.442. The molecule has 2 amide bonds. The number of rotatable bonds is 5. The number of likely N-dealkylation sites (N-methyl/N-ethyl adjacent to an activating group) is 1. The molecule has 0 saturated heterocycles. The maximum atomic E-state index is 12.3. The van der Waals surface area contributed by atoms with Gasteiger partial charge in [0.05, 0.1) is 4.92 Å². The second kappa shape index (κ2) is 7.82. The zero-order valence-corrected chi connectivity index (χ0v) is 15.5. The quantitative estimate of drug-likeness (QED) is 0.629. The minimum absolute atomic E-state index is 0.00340. The van der Waals surface area contributed by atoms with Gasteiger partial charge in [-0.25, -0.2) is 4.79 Å². The third-order valence-corrected chi connectivity index (χ3v) is 5.26. The van der Waals surface area contributed by atoms with Crippen molar-refractivity contribution in [1.29, 1.82) is 0 Å². The second-order valence-electron chi connectivity index (χ2n) is 7.39. The predicted octanol–water partition coefficient (Wildman–Crippen LogP) is 3.54. The maximum absolute atomic E-state index is 12.3. The summed E-state index contributed by atoms with van der Waals surface area (Å²) in [5.74, 6) is 0.640. The number of hydrogen-bond acceptors (Lipinski definition) is 4. The van der Waals surface area contributed by atoms with E-state index < -0.39 is 4.92 Å². The molecule has 0 heterocycles. The fourth-order valence-electron chi connectivity index (χ4n) is 3.66. The minimum Gasteiger partial charge on any atom is -0.336 e. The summed E-state index contributed by atoms with van der Waals surface area (Å²) in [7, 11) is 4.11. The van der Waals surface area contributed by atoms with Crippen LogP contribution < -0.4 is 10.6 Å². The SMILES string of the molecule is Cc1ccc(NC(=O)NCC2(N(C)C)CCCC(C)C2)cc1[N+](=O)[O-]. The van der Waals surface area contributed by atoms with E-state index in [0.717, 1.165) is 19.3 Å². The second-order valence-corrected chi connectivity index (χ2v) is 7.39. The number of carbonyl (C=O) groups excluding carboxylic acids is 1. The van der Waals surface area contributed by atoms with Crippen LogP contribution in [0.15, 0.2) is 18.2 Å². The smallest absolute Gasteiger partial charge is 0.319 e. The Morgan fingerprint density at radius 3 is 2.76 bits per heavy atom. The summed E-state index contributed by atoms with van der Waals surface area (Å²) in [5.41, 5.74) is 0.960. The van der Waals surface area contributed by atoms with Crippen molar-refractivity contribution < 1.29 is 9.72 Å². The van der Waals surface area contributed by atoms with Crippen LogP contribution in [0.3, 0.4) is 0 Å². The Morgan fingerprint density at radius 2 is 2.16 bits per heavy atom. The van der Waals surface area contributed by atoms with E-state index in [2.05, 4.69) is 36.6 Å². The van der Waals surface area contributed by atoms with Crippen molar-refractivity contribution in [2.45, 2.75) is 45.1 Å². The first kappa shape index (κ1) is 19.2. The molecule has 2 unspecified atom stereocenters. The average Bonchev–Trinajstić information content (AvgIpc) is 2.54. The van der Waals surface area contributed by atoms with Crippen LogP contribution >= 0.6 is 0 Å². The highest BCUT2D eigenvalue weighted by Gasteiger charge is 2.37. The molecule has 1 aromatic carbocycles. The van der Waals surface area contributed by atoms with E-state index in [1.807, 2.05) is 0 Å². The number of amides is 2. The van der Waals surface area contributed by atoms with Crippen LogP contribution in [0.4, 0.5) is 16.2 Å². The van der Waals surface area contributed by atoms with Crippen LogP contribution in [0, 0.1) is 23.0 Å². The Balaban J connectivity index is 2.00. The Bertz CT molecular complexity index is 647. The van der Waals surface area contributed by atoms with Crippen molar-refractivity contribution >= 4 is 17.4 Å². The Labute approximate surface area is 148 Å². The molecule has 2 atom stereocenters. The molecule has 1 aliphatic rings. The number of nitro benzene ring substituents is 1. The van der Waals surface area contributed by atoms with Crippen molar-refractivity contribution in [3.63, 3.8) is 0 Å². The van der Waals surface area contributed by atoms with Gasteiger partial charge in [-0.1, -0.05) is 25.8 Å². The maximum Gasteiger partial charge on any atom is 0.319 e. The van der Waals surface area contributed by atoms with Gasteiger partial charge in [0.15, 0.2) is 0 Å². The molecular weight excluding hydrogens is 320 g/mol. The molecule has 0 spiro atoms. The first-order valence-corrected chi connectivity index (χ1v) is 8.71. The van der Waals surface area contributed by atoms with Crippen molar-refractivity contribution in [1.82, 2.24) is 10.2 Å². The lowest BCUT2D eigenvalue weighted by atomic mass is 9.75. The number of nitrogens with zero attached hydrogens (tertiary/aromatic N) is 2. The zero-order chi connectivity index (χ0) is 18.6. The molecule has 1 saturated carbocycles. The number of urea groups is 1. The standard InChI is InChI=1S/C18H28N4O3/c1-13-6-5-9-18(11-13,21(3)4)12-19-17(23)20-15-8-7-14(2)16(10-15)22(24)25/h7-8,10,13H,5-6,9,11-12H2,1-4H3,(H2,19,20,23). The summed E-state index contributed by atoms with van der Waals surface area (Å²) in [6.45, 7) is 4.49. The molecule has 7 heteroatoms. The van der Waals surface area contributed by atoms with Gasteiger partial charge < -0.3 is 15.5 Å². The van der Waals surface area contributed by atoms with Gasteiger partial charge in [-0.2, -0.15) is 0 Å². The van der Waals surface area contributed by atoms with Gasteiger partial charge in [0, 0.05) is 29.4 Å². The van der Waals surface area contributed by atoms with Crippen LogP contribution in [0.5, 0.6) is 0 Å². The van der Waals surface area contributed by atoms with Gasteiger partial charge in [-0.05, 0) is 45.8 Å². The number of aryl methyl sites for hydroxylation is 1. The van der Waals surface area contributed by atoms with E-state index in [4.69, 9.17) is 0 Å². The normalized spacial score (nSPS) is 23.3. The summed E-state index contributed by atoms with van der Waals surface area (Å²) in [6.07, 6.45) is 4.50. The number of carbonyl (C=O) groups is 1. The Kier molecular flexibility index (Phi) is 6.00. The molecule has 2 N–H and O–H groups in total. The molecule has 0 bridgehead atoms. The van der Waals surface area contributed by atoms with E-state index in [9.17, 15) is 14.9 Å². The summed E-state index contributed by atoms with van der Waals surface area (Å²) >= 11 is 0. The van der Waals surface area contributed by atoms with E-state index >= 15 is 0 Å². The first-order valence-electron chi connectivity index (χ1n) is 8.71. The largest absolute Gasteiger partial charge is 0.336 e. The van der Waals surface area contributed by atoms with Crippen LogP contribution in [0.1, 0.15) is 38.2 Å². The van der Waals surface area contributed by atoms with Gasteiger partial charge in [0.25, 0.3) is 5.69 Å². The van der Waals surface area contributed by atoms with E-state index in [-0.39, 0.29) is 17.3 Å². The van der Waals surface area contributed by atoms with Crippen LogP contribution in [0.25, 0.3) is 0 Å². The van der Waals surface area contributed by atoms with Gasteiger partial charge in [0.1, 0.15) is 0 Å². The third kappa shape index (κ3) is 4.69. The molecule has 0 radical (unpaired) electrons. The van der Waals surface area contributed by atoms with Crippen LogP contribution in [-0.4, -0.2) is 42.0 Å². The summed E-state index contributed by atoms with van der Waals surface area (Å²) < 4.78 is 0. The molecule has 138 valence electrons. The number of nitrogens with one attached hydrogen (secondary N) is 2. The Morgan fingerprint density at radius 1 is 1.44 bits per heavy atom.